The molecule has 2 atom stereocenters. The third-order valence-corrected chi connectivity index (χ3v) is 19.6. The normalized spacial score (nSPS) is 12.5. The maximum absolute atomic E-state index is 13.0. The maximum atomic E-state index is 13.0. The fourth-order valence-corrected chi connectivity index (χ4v) is 13.3. The number of carbonyl (C=O) groups excluding carboxylic acids is 3. The van der Waals surface area contributed by atoms with E-state index in [9.17, 15) is 19.5 Å². The summed E-state index contributed by atoms with van der Waals surface area (Å²) < 4.78 is 22.9. The Kier molecular flexibility index (Phi) is 73.7. The molecule has 0 heterocycles. The molecule has 0 saturated carbocycles. The van der Waals surface area contributed by atoms with Crippen molar-refractivity contribution >= 4 is 17.9 Å². The van der Waals surface area contributed by atoms with E-state index < -0.39 is 24.3 Å². The minimum absolute atomic E-state index is 0.154. The van der Waals surface area contributed by atoms with E-state index in [-0.39, 0.29) is 32.2 Å². The van der Waals surface area contributed by atoms with Crippen LogP contribution in [0.5, 0.6) is 0 Å². The van der Waals surface area contributed by atoms with E-state index in [4.69, 9.17) is 18.9 Å². The largest absolute Gasteiger partial charge is 0.545 e. The number of carboxylic acid groups (broad SMARTS) is 1. The van der Waals surface area contributed by atoms with E-state index in [0.29, 0.717) is 17.4 Å². The molecule has 0 rings (SSSR count). The summed E-state index contributed by atoms with van der Waals surface area (Å²) in [5.74, 6) is -2.24. The molecule has 0 aromatic heterocycles. The first-order valence-corrected chi connectivity index (χ1v) is 41.7. The smallest absolute Gasteiger partial charge is 0.306 e. The highest BCUT2D eigenvalue weighted by Gasteiger charge is 2.22. The molecule has 0 fully saturated rings. The molecule has 0 aromatic carbocycles. The van der Waals surface area contributed by atoms with Crippen molar-refractivity contribution in [3.63, 3.8) is 0 Å². The predicted molar refractivity (Wildman–Crippen MR) is 394 cm³/mol. The second-order valence-corrected chi connectivity index (χ2v) is 30.1. The number of rotatable bonds is 80. The predicted octanol–water partition coefficient (Wildman–Crippen LogP) is 25.2. The molecule has 0 bridgehead atoms. The lowest BCUT2D eigenvalue weighted by Gasteiger charge is -2.26. The van der Waals surface area contributed by atoms with Crippen molar-refractivity contribution in [1.82, 2.24) is 0 Å². The van der Waals surface area contributed by atoms with Gasteiger partial charge in [0.1, 0.15) is 13.2 Å². The number of aliphatic carboxylic acids is 1. The zero-order chi connectivity index (χ0) is 66.8. The highest BCUT2D eigenvalue weighted by atomic mass is 16.7. The maximum Gasteiger partial charge on any atom is 0.306 e. The first-order valence-electron chi connectivity index (χ1n) is 41.7. The van der Waals surface area contributed by atoms with Gasteiger partial charge in [-0.2, -0.15) is 0 Å². The van der Waals surface area contributed by atoms with Crippen LogP contribution < -0.4 is 5.11 Å². The first-order chi connectivity index (χ1) is 45.1. The molecular formula is C83H163NO8. The van der Waals surface area contributed by atoms with E-state index in [1.54, 1.807) is 0 Å². The summed E-state index contributed by atoms with van der Waals surface area (Å²) in [5.41, 5.74) is 0. The van der Waals surface area contributed by atoms with Crippen LogP contribution >= 0.6 is 0 Å². The zero-order valence-corrected chi connectivity index (χ0v) is 63.0. The number of nitrogens with zero attached hydrogens (tertiary/aromatic N) is 1. The molecule has 0 saturated heterocycles. The number of carbonyl (C=O) groups is 3. The van der Waals surface area contributed by atoms with Gasteiger partial charge in [0.25, 0.3) is 0 Å². The van der Waals surface area contributed by atoms with Gasteiger partial charge in [0.2, 0.25) is 0 Å². The van der Waals surface area contributed by atoms with E-state index in [1.165, 1.54) is 392 Å². The molecule has 2 unspecified atom stereocenters. The van der Waals surface area contributed by atoms with Crippen molar-refractivity contribution in [2.45, 2.75) is 469 Å². The summed E-state index contributed by atoms with van der Waals surface area (Å²) in [7, 11) is 5.96. The van der Waals surface area contributed by atoms with Gasteiger partial charge in [-0.25, -0.2) is 0 Å². The minimum Gasteiger partial charge on any atom is -0.545 e. The first kappa shape index (κ1) is 90.3. The Labute approximate surface area is 574 Å². The Morgan fingerprint density at radius 1 is 0.283 bits per heavy atom. The van der Waals surface area contributed by atoms with Crippen molar-refractivity contribution in [1.29, 1.82) is 0 Å². The van der Waals surface area contributed by atoms with Gasteiger partial charge in [-0.1, -0.05) is 431 Å². The van der Waals surface area contributed by atoms with Gasteiger partial charge in [-0.15, -0.1) is 0 Å². The van der Waals surface area contributed by atoms with Crippen molar-refractivity contribution < 1.29 is 42.9 Å². The molecule has 92 heavy (non-hydrogen) atoms. The number of esters is 2. The van der Waals surface area contributed by atoms with Crippen LogP contribution in [0.1, 0.15) is 457 Å². The summed E-state index contributed by atoms with van der Waals surface area (Å²) in [4.78, 5) is 37.6. The number of carboxylic acids is 1. The highest BCUT2D eigenvalue weighted by Crippen LogP contribution is 2.21. The van der Waals surface area contributed by atoms with Crippen molar-refractivity contribution in [2.24, 2.45) is 0 Å². The Morgan fingerprint density at radius 3 is 0.696 bits per heavy atom. The standard InChI is InChI=1S/C83H163NO8/c1-6-8-10-12-14-16-18-20-22-24-26-28-30-32-34-36-37-38-39-40-41-42-43-44-46-48-50-52-54-56-58-60-62-64-66-68-70-72-74-81(86)92-79(78-91-83(82(87)88)89-76-75-84(3,4)5)77-90-80(85)73-71-69-67-65-63-61-59-57-55-53-51-49-47-45-35-33-31-29-27-25-23-21-19-17-15-13-11-9-7-2/h79,83H,6-78H2,1-5H3. The molecule has 0 radical (unpaired) electrons. The average Bonchev–Trinajstić information content (AvgIpc) is 3.52. The molecule has 0 aliphatic heterocycles. The van der Waals surface area contributed by atoms with Gasteiger partial charge in [0.15, 0.2) is 12.4 Å². The molecule has 9 heteroatoms. The lowest BCUT2D eigenvalue weighted by molar-refractivity contribution is -0.870. The van der Waals surface area contributed by atoms with Crippen LogP contribution in [0.3, 0.4) is 0 Å². The minimum atomic E-state index is -1.62. The second-order valence-electron chi connectivity index (χ2n) is 30.1. The summed E-state index contributed by atoms with van der Waals surface area (Å²) in [5, 5.41) is 11.9. The molecule has 0 spiro atoms. The molecule has 9 nitrogen and oxygen atoms in total. The van der Waals surface area contributed by atoms with Crippen LogP contribution in [-0.4, -0.2) is 82.3 Å². The molecule has 548 valence electrons. The quantitative estimate of drug-likeness (QED) is 0.0256. The van der Waals surface area contributed by atoms with E-state index in [2.05, 4.69) is 13.8 Å². The number of hydrogen-bond donors (Lipinski definition) is 0. The van der Waals surface area contributed by atoms with Crippen LogP contribution in [0.15, 0.2) is 0 Å². The lowest BCUT2D eigenvalue weighted by atomic mass is 10.0. The van der Waals surface area contributed by atoms with Crippen LogP contribution in [0.2, 0.25) is 0 Å². The SMILES string of the molecule is CCCCCCCCCCCCCCCCCCCCCCCCCCCCCCCCCCCCCCCCC(=O)OC(COC(=O)CCCCCCCCCCCCCCCCCCCCCCCCCCCCCCC)COC(OCC[N+](C)(C)C)C(=O)[O-]. The Balaban J connectivity index is 3.91. The van der Waals surface area contributed by atoms with Gasteiger partial charge in [0, 0.05) is 12.8 Å². The average molecular weight is 1300 g/mol. The van der Waals surface area contributed by atoms with Crippen LogP contribution in [0.4, 0.5) is 0 Å². The molecule has 0 aliphatic rings. The summed E-state index contributed by atoms with van der Waals surface area (Å²) in [6.07, 6.45) is 89.7. The van der Waals surface area contributed by atoms with Crippen LogP contribution in [0, 0.1) is 0 Å². The van der Waals surface area contributed by atoms with E-state index in [0.717, 1.165) is 38.5 Å². The van der Waals surface area contributed by atoms with E-state index in [1.807, 2.05) is 21.1 Å². The third-order valence-electron chi connectivity index (χ3n) is 19.6. The second kappa shape index (κ2) is 75.1. The Bertz CT molecular complexity index is 1470. The fourth-order valence-electron chi connectivity index (χ4n) is 13.3. The highest BCUT2D eigenvalue weighted by molar-refractivity contribution is 5.70. The molecule has 0 aromatic rings. The Hall–Kier alpha value is -1.71. The molecule has 0 amide bonds. The number of likely N-dealkylation sites (N-methyl/N-ethyl adjacent to an activating group) is 1. The zero-order valence-electron chi connectivity index (χ0n) is 63.0. The van der Waals surface area contributed by atoms with Crippen molar-refractivity contribution in [3.8, 4) is 0 Å². The van der Waals surface area contributed by atoms with E-state index >= 15 is 0 Å². The van der Waals surface area contributed by atoms with Crippen LogP contribution in [0.25, 0.3) is 0 Å². The summed E-state index contributed by atoms with van der Waals surface area (Å²) in [6.45, 7) is 4.86. The summed E-state index contributed by atoms with van der Waals surface area (Å²) in [6, 6.07) is 0. The molecule has 0 aliphatic carbocycles. The van der Waals surface area contributed by atoms with Gasteiger partial charge in [-0.3, -0.25) is 9.59 Å². The van der Waals surface area contributed by atoms with Crippen molar-refractivity contribution in [2.75, 3.05) is 47.5 Å². The lowest BCUT2D eigenvalue weighted by Crippen LogP contribution is -2.44. The Morgan fingerprint density at radius 2 is 0.489 bits per heavy atom. The third kappa shape index (κ3) is 75.7. The number of unbranched alkanes of at least 4 members (excludes halogenated alkanes) is 65. The number of quaternary nitrogens is 1. The fraction of sp³-hybridized carbons (Fsp3) is 0.964. The molecular weight excluding hydrogens is 1140 g/mol. The van der Waals surface area contributed by atoms with Gasteiger partial charge >= 0.3 is 11.9 Å². The van der Waals surface area contributed by atoms with Gasteiger partial charge in [-0.05, 0) is 12.8 Å². The number of ether oxygens (including phenoxy) is 4. The van der Waals surface area contributed by atoms with Crippen molar-refractivity contribution in [3.05, 3.63) is 0 Å². The summed E-state index contributed by atoms with van der Waals surface area (Å²) >= 11 is 0. The van der Waals surface area contributed by atoms with Gasteiger partial charge in [0.05, 0.1) is 40.3 Å². The van der Waals surface area contributed by atoms with Gasteiger partial charge < -0.3 is 33.3 Å². The molecule has 0 N–H and O–H groups in total. The van der Waals surface area contributed by atoms with Crippen LogP contribution in [-0.2, 0) is 33.3 Å². The monoisotopic (exact) mass is 1300 g/mol. The topological polar surface area (TPSA) is 111 Å². The number of hydrogen-bond acceptors (Lipinski definition) is 8.